The van der Waals surface area contributed by atoms with E-state index in [0.29, 0.717) is 37.9 Å². The van der Waals surface area contributed by atoms with Gasteiger partial charge in [-0.05, 0) is 23.8 Å². The molecule has 1 N–H and O–H groups in total. The molecule has 0 unspecified atom stereocenters. The van der Waals surface area contributed by atoms with Crippen LogP contribution in [-0.4, -0.2) is 44.7 Å². The molecule has 1 aliphatic heterocycles. The molecule has 0 bridgehead atoms. The van der Waals surface area contributed by atoms with Gasteiger partial charge in [-0.2, -0.15) is 13.2 Å². The standard InChI is InChI=1S/C17H19F3N4O3S/c18-17(19,20)14-3-1-13(2-4-14)12-28(25,26)22-11-15-21-6-5-16(23-15)24-7-9-27-10-8-24/h1-6,22H,7-12H2. The smallest absolute Gasteiger partial charge is 0.378 e. The Morgan fingerprint density at radius 1 is 1.11 bits per heavy atom. The maximum atomic E-state index is 12.6. The number of hydrogen-bond acceptors (Lipinski definition) is 6. The monoisotopic (exact) mass is 416 g/mol. The lowest BCUT2D eigenvalue weighted by Crippen LogP contribution is -2.37. The molecular weight excluding hydrogens is 397 g/mol. The van der Waals surface area contributed by atoms with Crippen LogP contribution in [0.2, 0.25) is 0 Å². The van der Waals surface area contributed by atoms with E-state index in [1.54, 1.807) is 12.3 Å². The summed E-state index contributed by atoms with van der Waals surface area (Å²) >= 11 is 0. The van der Waals surface area contributed by atoms with Crippen LogP contribution in [0.25, 0.3) is 0 Å². The first kappa shape index (κ1) is 20.5. The molecule has 1 aliphatic rings. The van der Waals surface area contributed by atoms with E-state index in [4.69, 9.17) is 4.74 Å². The molecule has 0 amide bonds. The zero-order valence-corrected chi connectivity index (χ0v) is 15.6. The van der Waals surface area contributed by atoms with Gasteiger partial charge in [0, 0.05) is 19.3 Å². The number of anilines is 1. The molecule has 7 nitrogen and oxygen atoms in total. The quantitative estimate of drug-likeness (QED) is 0.775. The van der Waals surface area contributed by atoms with Crippen molar-refractivity contribution >= 4 is 15.8 Å². The Hall–Kier alpha value is -2.24. The van der Waals surface area contributed by atoms with Crippen molar-refractivity contribution in [1.29, 1.82) is 0 Å². The highest BCUT2D eigenvalue weighted by molar-refractivity contribution is 7.88. The van der Waals surface area contributed by atoms with Crippen LogP contribution in [0.15, 0.2) is 36.5 Å². The molecule has 2 heterocycles. The number of ether oxygens (including phenoxy) is 1. The summed E-state index contributed by atoms with van der Waals surface area (Å²) in [7, 11) is -3.76. The summed E-state index contributed by atoms with van der Waals surface area (Å²) in [5.41, 5.74) is -0.571. The van der Waals surface area contributed by atoms with E-state index < -0.39 is 27.5 Å². The summed E-state index contributed by atoms with van der Waals surface area (Å²) in [6, 6.07) is 5.76. The van der Waals surface area contributed by atoms with E-state index in [0.717, 1.165) is 24.3 Å². The molecule has 0 aliphatic carbocycles. The van der Waals surface area contributed by atoms with Gasteiger partial charge in [-0.15, -0.1) is 0 Å². The predicted molar refractivity (Wildman–Crippen MR) is 96.0 cm³/mol. The third-order valence-corrected chi connectivity index (χ3v) is 5.41. The van der Waals surface area contributed by atoms with Crippen molar-refractivity contribution in [3.63, 3.8) is 0 Å². The number of alkyl halides is 3. The first-order valence-electron chi connectivity index (χ1n) is 8.51. The maximum Gasteiger partial charge on any atom is 0.416 e. The molecule has 1 fully saturated rings. The van der Waals surface area contributed by atoms with E-state index in [2.05, 4.69) is 14.7 Å². The van der Waals surface area contributed by atoms with Gasteiger partial charge in [-0.25, -0.2) is 23.1 Å². The highest BCUT2D eigenvalue weighted by atomic mass is 32.2. The zero-order valence-electron chi connectivity index (χ0n) is 14.8. The van der Waals surface area contributed by atoms with Crippen molar-refractivity contribution in [1.82, 2.24) is 14.7 Å². The van der Waals surface area contributed by atoms with Crippen LogP contribution in [0.1, 0.15) is 17.0 Å². The molecule has 0 atom stereocenters. The number of nitrogens with one attached hydrogen (secondary N) is 1. The second kappa shape index (κ2) is 8.41. The molecule has 152 valence electrons. The van der Waals surface area contributed by atoms with Crippen LogP contribution in [0.3, 0.4) is 0 Å². The summed E-state index contributed by atoms with van der Waals surface area (Å²) in [5.74, 6) is 0.559. The van der Waals surface area contributed by atoms with E-state index in [9.17, 15) is 21.6 Å². The average Bonchev–Trinajstić information content (AvgIpc) is 2.67. The topological polar surface area (TPSA) is 84.4 Å². The molecule has 1 aromatic heterocycles. The molecule has 2 aromatic rings. The Morgan fingerprint density at radius 3 is 2.43 bits per heavy atom. The molecule has 0 radical (unpaired) electrons. The lowest BCUT2D eigenvalue weighted by atomic mass is 10.1. The molecule has 28 heavy (non-hydrogen) atoms. The second-order valence-electron chi connectivity index (χ2n) is 6.21. The van der Waals surface area contributed by atoms with Gasteiger partial charge in [0.05, 0.1) is 31.1 Å². The summed E-state index contributed by atoms with van der Waals surface area (Å²) in [6.07, 6.45) is -2.91. The maximum absolute atomic E-state index is 12.6. The van der Waals surface area contributed by atoms with Crippen molar-refractivity contribution in [2.24, 2.45) is 0 Å². The average molecular weight is 416 g/mol. The minimum absolute atomic E-state index is 0.110. The minimum Gasteiger partial charge on any atom is -0.378 e. The SMILES string of the molecule is O=S(=O)(Cc1ccc(C(F)(F)F)cc1)NCc1nccc(N2CCOCC2)n1. The van der Waals surface area contributed by atoms with Gasteiger partial charge < -0.3 is 9.64 Å². The van der Waals surface area contributed by atoms with Gasteiger partial charge in [-0.3, -0.25) is 0 Å². The Balaban J connectivity index is 1.60. The minimum atomic E-state index is -4.46. The van der Waals surface area contributed by atoms with Gasteiger partial charge in [0.15, 0.2) is 0 Å². The first-order chi connectivity index (χ1) is 13.2. The second-order valence-corrected chi connectivity index (χ2v) is 8.01. The van der Waals surface area contributed by atoms with Crippen molar-refractivity contribution in [3.8, 4) is 0 Å². The van der Waals surface area contributed by atoms with Gasteiger partial charge in [-0.1, -0.05) is 12.1 Å². The summed E-state index contributed by atoms with van der Waals surface area (Å²) in [5, 5.41) is 0. The number of morpholine rings is 1. The molecule has 1 aromatic carbocycles. The Labute approximate surface area is 160 Å². The molecule has 11 heteroatoms. The highest BCUT2D eigenvalue weighted by Crippen LogP contribution is 2.29. The van der Waals surface area contributed by atoms with Gasteiger partial charge in [0.2, 0.25) is 10.0 Å². The molecule has 1 saturated heterocycles. The van der Waals surface area contributed by atoms with E-state index in [1.807, 2.05) is 4.90 Å². The Bertz CT molecular complexity index is 899. The largest absolute Gasteiger partial charge is 0.416 e. The number of rotatable bonds is 6. The van der Waals surface area contributed by atoms with E-state index in [1.165, 1.54) is 0 Å². The van der Waals surface area contributed by atoms with E-state index in [-0.39, 0.29) is 12.1 Å². The third kappa shape index (κ3) is 5.63. The fourth-order valence-corrected chi connectivity index (χ4v) is 3.76. The molecule has 0 saturated carbocycles. The lowest BCUT2D eigenvalue weighted by Gasteiger charge is -2.27. The van der Waals surface area contributed by atoms with Crippen molar-refractivity contribution in [2.75, 3.05) is 31.2 Å². The van der Waals surface area contributed by atoms with Gasteiger partial charge in [0.25, 0.3) is 0 Å². The van der Waals surface area contributed by atoms with Crippen molar-refractivity contribution in [3.05, 3.63) is 53.5 Å². The fraction of sp³-hybridized carbons (Fsp3) is 0.412. The number of halogens is 3. The van der Waals surface area contributed by atoms with Crippen molar-refractivity contribution < 1.29 is 26.3 Å². The normalized spacial score (nSPS) is 15.6. The Kier molecular flexibility index (Phi) is 6.16. The predicted octanol–water partition coefficient (Wildman–Crippen LogP) is 1.95. The van der Waals surface area contributed by atoms with Crippen LogP contribution in [0.4, 0.5) is 19.0 Å². The number of benzene rings is 1. The van der Waals surface area contributed by atoms with E-state index >= 15 is 0 Å². The lowest BCUT2D eigenvalue weighted by molar-refractivity contribution is -0.137. The summed E-state index contributed by atoms with van der Waals surface area (Å²) in [6.45, 7) is 2.46. The zero-order chi connectivity index (χ0) is 20.2. The number of sulfonamides is 1. The van der Waals surface area contributed by atoms with Crippen molar-refractivity contribution in [2.45, 2.75) is 18.5 Å². The molecule has 3 rings (SSSR count). The van der Waals surface area contributed by atoms with Gasteiger partial charge >= 0.3 is 6.18 Å². The molecule has 0 spiro atoms. The number of hydrogen-bond donors (Lipinski definition) is 1. The third-order valence-electron chi connectivity index (χ3n) is 4.11. The van der Waals surface area contributed by atoms with Crippen LogP contribution >= 0.6 is 0 Å². The summed E-state index contributed by atoms with van der Waals surface area (Å²) < 4.78 is 69.9. The van der Waals surface area contributed by atoms with Crippen LogP contribution < -0.4 is 9.62 Å². The van der Waals surface area contributed by atoms with Gasteiger partial charge in [0.1, 0.15) is 11.6 Å². The highest BCUT2D eigenvalue weighted by Gasteiger charge is 2.30. The fourth-order valence-electron chi connectivity index (χ4n) is 2.68. The molecular formula is C17H19F3N4O3S. The number of aromatic nitrogens is 2. The van der Waals surface area contributed by atoms with Crippen LogP contribution in [-0.2, 0) is 33.2 Å². The summed E-state index contributed by atoms with van der Waals surface area (Å²) in [4.78, 5) is 10.4. The Morgan fingerprint density at radius 2 is 1.79 bits per heavy atom. The first-order valence-corrected chi connectivity index (χ1v) is 10.2. The van der Waals surface area contributed by atoms with Crippen LogP contribution in [0, 0.1) is 0 Å². The number of nitrogens with zero attached hydrogens (tertiary/aromatic N) is 3. The van der Waals surface area contributed by atoms with Crippen LogP contribution in [0.5, 0.6) is 0 Å².